The molecule has 0 N–H and O–H groups in total. The number of nitrogens with zero attached hydrogens (tertiary/aromatic N) is 1. The summed E-state index contributed by atoms with van der Waals surface area (Å²) < 4.78 is 51.1. The molecule has 0 aromatic heterocycles. The van der Waals surface area contributed by atoms with E-state index < -0.39 is 15.8 Å². The van der Waals surface area contributed by atoms with Gasteiger partial charge in [0.2, 0.25) is 10.0 Å². The van der Waals surface area contributed by atoms with Crippen molar-refractivity contribution in [2.75, 3.05) is 26.3 Å². The molecule has 162 valence electrons. The van der Waals surface area contributed by atoms with Crippen molar-refractivity contribution < 1.29 is 27.1 Å². The first kappa shape index (κ1) is 22.2. The third-order valence-electron chi connectivity index (χ3n) is 5.33. The molecule has 1 heterocycles. The van der Waals surface area contributed by atoms with Crippen molar-refractivity contribution in [1.82, 2.24) is 4.31 Å². The van der Waals surface area contributed by atoms with Gasteiger partial charge in [-0.15, -0.1) is 0 Å². The van der Waals surface area contributed by atoms with E-state index in [0.29, 0.717) is 12.8 Å². The Morgan fingerprint density at radius 3 is 2.43 bits per heavy atom. The number of halogens is 1. The molecule has 0 bridgehead atoms. The number of piperidine rings is 1. The highest BCUT2D eigenvalue weighted by Gasteiger charge is 2.32. The van der Waals surface area contributed by atoms with Crippen LogP contribution in [0.2, 0.25) is 0 Å². The minimum atomic E-state index is -3.58. The predicted octanol–water partition coefficient (Wildman–Crippen LogP) is 3.47. The van der Waals surface area contributed by atoms with Crippen molar-refractivity contribution in [3.8, 4) is 5.75 Å². The van der Waals surface area contributed by atoms with Crippen molar-refractivity contribution in [1.29, 1.82) is 0 Å². The fourth-order valence-electron chi connectivity index (χ4n) is 3.33. The van der Waals surface area contributed by atoms with Gasteiger partial charge in [0, 0.05) is 13.1 Å². The number of carbonyl (C=O) groups is 1. The number of ether oxygens (including phenoxy) is 2. The lowest BCUT2D eigenvalue weighted by Gasteiger charge is -2.30. The molecule has 0 saturated carbocycles. The zero-order valence-electron chi connectivity index (χ0n) is 17.1. The molecular weight excluding hydrogens is 409 g/mol. The van der Waals surface area contributed by atoms with Gasteiger partial charge in [0.25, 0.3) is 0 Å². The van der Waals surface area contributed by atoms with Crippen molar-refractivity contribution >= 4 is 16.0 Å². The summed E-state index contributed by atoms with van der Waals surface area (Å²) in [6.45, 7) is 4.40. The Labute approximate surface area is 176 Å². The Bertz CT molecular complexity index is 1000. The summed E-state index contributed by atoms with van der Waals surface area (Å²) in [5.41, 5.74) is 1.96. The van der Waals surface area contributed by atoms with E-state index in [2.05, 4.69) is 0 Å². The predicted molar refractivity (Wildman–Crippen MR) is 110 cm³/mol. The van der Waals surface area contributed by atoms with Crippen LogP contribution in [0.4, 0.5) is 4.39 Å². The first-order valence-electron chi connectivity index (χ1n) is 9.90. The summed E-state index contributed by atoms with van der Waals surface area (Å²) in [5.74, 6) is -1.10. The van der Waals surface area contributed by atoms with Gasteiger partial charge in [-0.05, 0) is 62.1 Å². The highest BCUT2D eigenvalue weighted by molar-refractivity contribution is 7.89. The largest absolute Gasteiger partial charge is 0.487 e. The van der Waals surface area contributed by atoms with Gasteiger partial charge >= 0.3 is 5.97 Å². The maximum Gasteiger partial charge on any atom is 0.309 e. The number of rotatable bonds is 7. The number of sulfonamides is 1. The third kappa shape index (κ3) is 5.17. The summed E-state index contributed by atoms with van der Waals surface area (Å²) >= 11 is 0. The smallest absolute Gasteiger partial charge is 0.309 e. The standard InChI is InChI=1S/C22H26FNO5S/c1-16-7-8-19(15-17(16)2)30(26,27)24-11-9-18(10-12-24)22(25)29-14-13-28-21-6-4-3-5-20(21)23/h3-8,15,18H,9-14H2,1-2H3. The van der Waals surface area contributed by atoms with Crippen LogP contribution in [0.1, 0.15) is 24.0 Å². The second-order valence-electron chi connectivity index (χ2n) is 7.37. The van der Waals surface area contributed by atoms with Crippen molar-refractivity contribution in [2.45, 2.75) is 31.6 Å². The molecule has 0 aliphatic carbocycles. The van der Waals surface area contributed by atoms with E-state index >= 15 is 0 Å². The summed E-state index contributed by atoms with van der Waals surface area (Å²) in [7, 11) is -3.58. The molecule has 6 nitrogen and oxygen atoms in total. The fourth-order valence-corrected chi connectivity index (χ4v) is 4.88. The van der Waals surface area contributed by atoms with Gasteiger partial charge in [-0.1, -0.05) is 18.2 Å². The van der Waals surface area contributed by atoms with Gasteiger partial charge in [0.1, 0.15) is 13.2 Å². The zero-order chi connectivity index (χ0) is 21.7. The Morgan fingerprint density at radius 1 is 1.07 bits per heavy atom. The lowest BCUT2D eigenvalue weighted by atomic mass is 9.98. The molecule has 0 amide bonds. The van der Waals surface area contributed by atoms with Crippen LogP contribution in [-0.4, -0.2) is 45.0 Å². The highest BCUT2D eigenvalue weighted by atomic mass is 32.2. The van der Waals surface area contributed by atoms with E-state index in [4.69, 9.17) is 9.47 Å². The van der Waals surface area contributed by atoms with E-state index in [0.717, 1.165) is 11.1 Å². The van der Waals surface area contributed by atoms with Crippen LogP contribution in [0.5, 0.6) is 5.75 Å². The Hall–Kier alpha value is -2.45. The number of hydrogen-bond donors (Lipinski definition) is 0. The molecule has 3 rings (SSSR count). The Balaban J connectivity index is 1.47. The van der Waals surface area contributed by atoms with E-state index in [9.17, 15) is 17.6 Å². The molecule has 2 aromatic rings. The maximum atomic E-state index is 13.5. The number of carbonyl (C=O) groups excluding carboxylic acids is 1. The van der Waals surface area contributed by atoms with Crippen LogP contribution in [0.15, 0.2) is 47.4 Å². The van der Waals surface area contributed by atoms with Crippen LogP contribution in [0.3, 0.4) is 0 Å². The maximum absolute atomic E-state index is 13.5. The summed E-state index contributed by atoms with van der Waals surface area (Å²) in [4.78, 5) is 12.5. The van der Waals surface area contributed by atoms with Crippen LogP contribution in [0.25, 0.3) is 0 Å². The number of hydrogen-bond acceptors (Lipinski definition) is 5. The molecule has 30 heavy (non-hydrogen) atoms. The van der Waals surface area contributed by atoms with Crippen LogP contribution in [-0.2, 0) is 19.6 Å². The Kier molecular flexibility index (Phi) is 7.10. The molecule has 1 saturated heterocycles. The van der Waals surface area contributed by atoms with E-state index in [1.54, 1.807) is 30.3 Å². The first-order chi connectivity index (χ1) is 14.3. The minimum Gasteiger partial charge on any atom is -0.487 e. The molecule has 0 unspecified atom stereocenters. The number of para-hydroxylation sites is 1. The van der Waals surface area contributed by atoms with E-state index in [1.165, 1.54) is 16.4 Å². The molecule has 0 radical (unpaired) electrons. The number of esters is 1. The molecule has 8 heteroatoms. The quantitative estimate of drug-likeness (QED) is 0.492. The molecule has 1 aliphatic heterocycles. The fraction of sp³-hybridized carbons (Fsp3) is 0.409. The van der Waals surface area contributed by atoms with Gasteiger partial charge in [-0.2, -0.15) is 4.31 Å². The van der Waals surface area contributed by atoms with Gasteiger partial charge < -0.3 is 9.47 Å². The van der Waals surface area contributed by atoms with Crippen LogP contribution >= 0.6 is 0 Å². The lowest BCUT2D eigenvalue weighted by molar-refractivity contribution is -0.150. The van der Waals surface area contributed by atoms with Crippen molar-refractivity contribution in [3.05, 3.63) is 59.4 Å². The summed E-state index contributed by atoms with van der Waals surface area (Å²) in [6.07, 6.45) is 0.800. The molecular formula is C22H26FNO5S. The summed E-state index contributed by atoms with van der Waals surface area (Å²) in [5, 5.41) is 0. The normalized spacial score (nSPS) is 15.7. The minimum absolute atomic E-state index is 0.00826. The average Bonchev–Trinajstić information content (AvgIpc) is 2.74. The molecule has 2 aromatic carbocycles. The topological polar surface area (TPSA) is 72.9 Å². The number of aryl methyl sites for hydroxylation is 2. The van der Waals surface area contributed by atoms with E-state index in [-0.39, 0.29) is 48.8 Å². The highest BCUT2D eigenvalue weighted by Crippen LogP contribution is 2.25. The third-order valence-corrected chi connectivity index (χ3v) is 7.22. The van der Waals surface area contributed by atoms with Gasteiger partial charge in [0.15, 0.2) is 11.6 Å². The number of benzene rings is 2. The van der Waals surface area contributed by atoms with Crippen LogP contribution in [0, 0.1) is 25.6 Å². The van der Waals surface area contributed by atoms with Gasteiger partial charge in [-0.25, -0.2) is 12.8 Å². The zero-order valence-corrected chi connectivity index (χ0v) is 18.0. The molecule has 1 aliphatic rings. The Morgan fingerprint density at radius 2 is 1.77 bits per heavy atom. The van der Waals surface area contributed by atoms with Crippen LogP contribution < -0.4 is 4.74 Å². The summed E-state index contributed by atoms with van der Waals surface area (Å²) in [6, 6.07) is 11.1. The molecule has 1 fully saturated rings. The first-order valence-corrected chi connectivity index (χ1v) is 11.3. The average molecular weight is 436 g/mol. The molecule has 0 atom stereocenters. The second kappa shape index (κ2) is 9.57. The van der Waals surface area contributed by atoms with Gasteiger partial charge in [0.05, 0.1) is 10.8 Å². The lowest BCUT2D eigenvalue weighted by Crippen LogP contribution is -2.40. The molecule has 0 spiro atoms. The monoisotopic (exact) mass is 435 g/mol. The second-order valence-corrected chi connectivity index (χ2v) is 9.31. The SMILES string of the molecule is Cc1ccc(S(=O)(=O)N2CCC(C(=O)OCCOc3ccccc3F)CC2)cc1C. The van der Waals surface area contributed by atoms with Gasteiger partial charge in [-0.3, -0.25) is 4.79 Å². The van der Waals surface area contributed by atoms with Crippen molar-refractivity contribution in [2.24, 2.45) is 5.92 Å². The van der Waals surface area contributed by atoms with Crippen molar-refractivity contribution in [3.63, 3.8) is 0 Å². The van der Waals surface area contributed by atoms with E-state index in [1.807, 2.05) is 13.8 Å².